The van der Waals surface area contributed by atoms with Crippen molar-refractivity contribution in [3.8, 4) is 5.75 Å². The summed E-state index contributed by atoms with van der Waals surface area (Å²) in [5, 5.41) is 14.0. The molecule has 9 heteroatoms. The summed E-state index contributed by atoms with van der Waals surface area (Å²) in [6, 6.07) is 14.6. The van der Waals surface area contributed by atoms with Gasteiger partial charge in [-0.2, -0.15) is 17.6 Å². The van der Waals surface area contributed by atoms with Gasteiger partial charge >= 0.3 is 12.5 Å². The van der Waals surface area contributed by atoms with Gasteiger partial charge < -0.3 is 15.2 Å². The van der Waals surface area contributed by atoms with Crippen LogP contribution >= 0.6 is 0 Å². The monoisotopic (exact) mass is 531 g/mol. The van der Waals surface area contributed by atoms with E-state index in [1.54, 1.807) is 12.1 Å². The van der Waals surface area contributed by atoms with Crippen molar-refractivity contribution >= 4 is 12.0 Å². The molecule has 0 saturated heterocycles. The van der Waals surface area contributed by atoms with Gasteiger partial charge in [-0.05, 0) is 78.3 Å². The lowest BCUT2D eigenvalue weighted by atomic mass is 9.94. The number of ether oxygens (including phenoxy) is 1. The van der Waals surface area contributed by atoms with E-state index in [0.29, 0.717) is 16.7 Å². The van der Waals surface area contributed by atoms with Gasteiger partial charge in [0.2, 0.25) is 0 Å². The van der Waals surface area contributed by atoms with Crippen molar-refractivity contribution in [2.24, 2.45) is 0 Å². The number of halogens is 5. The van der Waals surface area contributed by atoms with Crippen LogP contribution in [0.3, 0.4) is 0 Å². The number of hydrogen-bond acceptors (Lipinski definition) is 3. The number of rotatable bonds is 9. The average molecular weight is 532 g/mol. The van der Waals surface area contributed by atoms with Crippen molar-refractivity contribution < 1.29 is 36.6 Å². The van der Waals surface area contributed by atoms with E-state index >= 15 is 0 Å². The Balaban J connectivity index is 1.63. The maximum Gasteiger partial charge on any atom is 0.461 e. The van der Waals surface area contributed by atoms with Crippen LogP contribution in [0.15, 0.2) is 72.8 Å². The molecule has 0 saturated carbocycles. The van der Waals surface area contributed by atoms with Gasteiger partial charge in [0.05, 0.1) is 12.1 Å². The first kappa shape index (κ1) is 27.3. The minimum absolute atomic E-state index is 0.0629. The van der Waals surface area contributed by atoms with Gasteiger partial charge in [0.1, 0.15) is 11.6 Å². The predicted molar refractivity (Wildman–Crippen MR) is 133 cm³/mol. The van der Waals surface area contributed by atoms with Gasteiger partial charge in [0.25, 0.3) is 5.91 Å². The van der Waals surface area contributed by atoms with E-state index in [4.69, 9.17) is 0 Å². The Kier molecular flexibility index (Phi) is 8.46. The highest BCUT2D eigenvalue weighted by atomic mass is 19.3. The molecule has 2 N–H and O–H groups in total. The van der Waals surface area contributed by atoms with Crippen molar-refractivity contribution in [3.63, 3.8) is 0 Å². The van der Waals surface area contributed by atoms with Crippen molar-refractivity contribution in [1.82, 2.24) is 5.32 Å². The Hall–Kier alpha value is -3.72. The van der Waals surface area contributed by atoms with Crippen LogP contribution in [-0.2, 0) is 12.8 Å². The first-order chi connectivity index (χ1) is 18.1. The van der Waals surface area contributed by atoms with Gasteiger partial charge in [0, 0.05) is 5.56 Å². The number of alkyl halides is 4. The van der Waals surface area contributed by atoms with Crippen molar-refractivity contribution in [2.45, 2.75) is 50.4 Å². The molecule has 2 unspecified atom stereocenters. The molecule has 0 bridgehead atoms. The summed E-state index contributed by atoms with van der Waals surface area (Å²) in [7, 11) is 0. The second-order valence-corrected chi connectivity index (χ2v) is 9.07. The Morgan fingerprint density at radius 2 is 1.79 bits per heavy atom. The summed E-state index contributed by atoms with van der Waals surface area (Å²) in [5.41, 5.74) is 2.87. The highest BCUT2D eigenvalue weighted by molar-refractivity contribution is 5.98. The molecule has 1 amide bonds. The molecule has 38 heavy (non-hydrogen) atoms. The van der Waals surface area contributed by atoms with Gasteiger partial charge in [-0.1, -0.05) is 48.6 Å². The molecule has 3 aromatic carbocycles. The van der Waals surface area contributed by atoms with Crippen molar-refractivity contribution in [3.05, 3.63) is 106 Å². The normalized spacial score (nSPS) is 14.9. The van der Waals surface area contributed by atoms with Crippen LogP contribution in [0.25, 0.3) is 6.08 Å². The minimum atomic E-state index is -4.68. The zero-order valence-corrected chi connectivity index (χ0v) is 20.2. The Morgan fingerprint density at radius 1 is 1.05 bits per heavy atom. The molecule has 0 fully saturated rings. The third kappa shape index (κ3) is 6.58. The summed E-state index contributed by atoms with van der Waals surface area (Å²) in [6.07, 6.45) is -3.54. The molecule has 3 aromatic rings. The first-order valence-corrected chi connectivity index (χ1v) is 12.1. The Bertz CT molecular complexity index is 1290. The molecule has 4 rings (SSSR count). The SMILES string of the molecule is O=C(NC(Cc1cccc(OC(F)(F)C(F)F)c1)C(O)c1ccc(F)cc1)c1cccc2c1C=CCCC2. The fraction of sp³-hybridized carbons (Fsp3) is 0.276. The molecule has 2 atom stereocenters. The topological polar surface area (TPSA) is 58.6 Å². The quantitative estimate of drug-likeness (QED) is 0.311. The molecule has 1 aliphatic rings. The third-order valence-corrected chi connectivity index (χ3v) is 6.31. The van der Waals surface area contributed by atoms with Crippen LogP contribution in [-0.4, -0.2) is 29.6 Å². The van der Waals surface area contributed by atoms with Crippen LogP contribution in [0.2, 0.25) is 0 Å². The molecule has 4 nitrogen and oxygen atoms in total. The molecule has 0 aliphatic heterocycles. The van der Waals surface area contributed by atoms with Crippen LogP contribution in [0.1, 0.15) is 51.6 Å². The average Bonchev–Trinajstić information content (AvgIpc) is 3.14. The number of aliphatic hydroxyl groups excluding tert-OH is 1. The lowest BCUT2D eigenvalue weighted by Crippen LogP contribution is -2.41. The number of benzene rings is 3. The number of aryl methyl sites for hydroxylation is 1. The van der Waals surface area contributed by atoms with Gasteiger partial charge in [-0.15, -0.1) is 0 Å². The van der Waals surface area contributed by atoms with Crippen LogP contribution in [0.5, 0.6) is 5.75 Å². The van der Waals surface area contributed by atoms with E-state index in [2.05, 4.69) is 10.1 Å². The molecule has 0 radical (unpaired) electrons. The van der Waals surface area contributed by atoms with Gasteiger partial charge in [-0.3, -0.25) is 4.79 Å². The molecule has 0 aromatic heterocycles. The highest BCUT2D eigenvalue weighted by Crippen LogP contribution is 2.29. The summed E-state index contributed by atoms with van der Waals surface area (Å²) < 4.78 is 69.7. The van der Waals surface area contributed by atoms with E-state index in [-0.39, 0.29) is 6.42 Å². The smallest absolute Gasteiger partial charge is 0.428 e. The van der Waals surface area contributed by atoms with Gasteiger partial charge in [0.15, 0.2) is 0 Å². The number of hydrogen-bond donors (Lipinski definition) is 2. The zero-order valence-electron chi connectivity index (χ0n) is 20.2. The minimum Gasteiger partial charge on any atom is -0.428 e. The number of allylic oxidation sites excluding steroid dienone is 1. The third-order valence-electron chi connectivity index (χ3n) is 6.31. The summed E-state index contributed by atoms with van der Waals surface area (Å²) in [5.74, 6) is -1.46. The molecular weight excluding hydrogens is 505 g/mol. The van der Waals surface area contributed by atoms with Crippen molar-refractivity contribution in [2.75, 3.05) is 0 Å². The number of fused-ring (bicyclic) bond motifs is 1. The lowest BCUT2D eigenvalue weighted by molar-refractivity contribution is -0.253. The highest BCUT2D eigenvalue weighted by Gasteiger charge is 2.44. The summed E-state index contributed by atoms with van der Waals surface area (Å²) in [4.78, 5) is 13.4. The van der Waals surface area contributed by atoms with E-state index in [1.165, 1.54) is 36.4 Å². The second kappa shape index (κ2) is 11.8. The molecular formula is C29H26F5NO3. The van der Waals surface area contributed by atoms with Crippen LogP contribution < -0.4 is 10.1 Å². The molecule has 200 valence electrons. The predicted octanol–water partition coefficient (Wildman–Crippen LogP) is 6.49. The summed E-state index contributed by atoms with van der Waals surface area (Å²) in [6.45, 7) is 0. The molecule has 0 spiro atoms. The largest absolute Gasteiger partial charge is 0.461 e. The fourth-order valence-corrected chi connectivity index (χ4v) is 4.41. The van der Waals surface area contributed by atoms with Crippen LogP contribution in [0.4, 0.5) is 22.0 Å². The molecule has 0 heterocycles. The zero-order chi connectivity index (χ0) is 27.3. The number of carbonyl (C=O) groups excluding carboxylic acids is 1. The van der Waals surface area contributed by atoms with E-state index in [9.17, 15) is 31.9 Å². The van der Waals surface area contributed by atoms with Crippen molar-refractivity contribution in [1.29, 1.82) is 0 Å². The Morgan fingerprint density at radius 3 is 2.53 bits per heavy atom. The van der Waals surface area contributed by atoms with E-state index in [1.807, 2.05) is 18.2 Å². The molecule has 1 aliphatic carbocycles. The fourth-order valence-electron chi connectivity index (χ4n) is 4.41. The Labute approximate surface area is 216 Å². The standard InChI is InChI=1S/C29H26F5NO3/c30-21-14-12-20(13-15-21)26(36)25(17-18-6-4-9-22(16-18)38-29(33,34)28(31)32)35-27(37)24-11-5-8-19-7-2-1-3-10-23(19)24/h3-6,8-16,25-26,28,36H,1-2,7,17H2,(H,35,37). The number of carbonyl (C=O) groups is 1. The maximum absolute atomic E-state index is 13.5. The van der Waals surface area contributed by atoms with E-state index < -0.39 is 42.2 Å². The maximum atomic E-state index is 13.5. The van der Waals surface area contributed by atoms with E-state index in [0.717, 1.165) is 42.5 Å². The number of amides is 1. The van der Waals surface area contributed by atoms with Gasteiger partial charge in [-0.25, -0.2) is 4.39 Å². The number of nitrogens with one attached hydrogen (secondary N) is 1. The second-order valence-electron chi connectivity index (χ2n) is 9.07. The summed E-state index contributed by atoms with van der Waals surface area (Å²) >= 11 is 0. The first-order valence-electron chi connectivity index (χ1n) is 12.1. The van der Waals surface area contributed by atoms with Crippen LogP contribution in [0, 0.1) is 5.82 Å². The lowest BCUT2D eigenvalue weighted by Gasteiger charge is -2.26. The number of aliphatic hydroxyl groups is 1.